The Bertz CT molecular complexity index is 817. The summed E-state index contributed by atoms with van der Waals surface area (Å²) in [6.07, 6.45) is 4.05. The molecule has 27 heavy (non-hydrogen) atoms. The summed E-state index contributed by atoms with van der Waals surface area (Å²) in [5.41, 5.74) is 3.62. The van der Waals surface area contributed by atoms with Crippen LogP contribution in [0.25, 0.3) is 0 Å². The number of rotatable bonds is 5. The van der Waals surface area contributed by atoms with Gasteiger partial charge in [0.05, 0.1) is 4.92 Å². The zero-order valence-electron chi connectivity index (χ0n) is 15.3. The molecule has 0 amide bonds. The third-order valence-electron chi connectivity index (χ3n) is 5.84. The Morgan fingerprint density at radius 2 is 1.81 bits per heavy atom. The van der Waals surface area contributed by atoms with E-state index in [1.54, 1.807) is 12.1 Å². The number of piperidine rings is 1. The Balaban J connectivity index is 1.33. The van der Waals surface area contributed by atoms with E-state index >= 15 is 0 Å². The van der Waals surface area contributed by atoms with Crippen molar-refractivity contribution in [2.45, 2.75) is 31.7 Å². The highest BCUT2D eigenvalue weighted by molar-refractivity contribution is 5.63. The maximum atomic E-state index is 13.0. The van der Waals surface area contributed by atoms with E-state index in [-0.39, 0.29) is 16.4 Å². The molecule has 0 aliphatic carbocycles. The molecule has 2 aliphatic rings. The number of nitro groups is 1. The normalized spacial score (nSPS) is 17.9. The number of nitro benzene ring substituents is 1. The van der Waals surface area contributed by atoms with Crippen molar-refractivity contribution >= 4 is 11.4 Å². The van der Waals surface area contributed by atoms with Gasteiger partial charge in [0, 0.05) is 50.0 Å². The number of benzene rings is 2. The minimum absolute atomic E-state index is 0.178. The summed E-state index contributed by atoms with van der Waals surface area (Å²) < 4.78 is 13.0. The van der Waals surface area contributed by atoms with Gasteiger partial charge in [0.1, 0.15) is 5.82 Å². The van der Waals surface area contributed by atoms with Crippen molar-refractivity contribution in [3.63, 3.8) is 0 Å². The Kier molecular flexibility index (Phi) is 5.07. The van der Waals surface area contributed by atoms with Crippen molar-refractivity contribution in [1.29, 1.82) is 0 Å². The predicted octanol–water partition coefficient (Wildman–Crippen LogP) is 3.80. The minimum atomic E-state index is -0.311. The number of hydrogen-bond acceptors (Lipinski definition) is 4. The van der Waals surface area contributed by atoms with Gasteiger partial charge in [-0.15, -0.1) is 0 Å². The molecule has 0 saturated carbocycles. The Morgan fingerprint density at radius 1 is 1.07 bits per heavy atom. The second-order valence-electron chi connectivity index (χ2n) is 7.46. The third kappa shape index (κ3) is 3.95. The fraction of sp³-hybridized carbons (Fsp3) is 0.429. The van der Waals surface area contributed by atoms with Crippen LogP contribution in [0.5, 0.6) is 0 Å². The van der Waals surface area contributed by atoms with E-state index < -0.39 is 0 Å². The van der Waals surface area contributed by atoms with Crippen LogP contribution in [0.2, 0.25) is 0 Å². The molecule has 0 spiro atoms. The molecule has 0 N–H and O–H groups in total. The van der Waals surface area contributed by atoms with E-state index in [2.05, 4.69) is 9.80 Å². The monoisotopic (exact) mass is 369 g/mol. The molecule has 2 aliphatic heterocycles. The van der Waals surface area contributed by atoms with Crippen molar-refractivity contribution in [3.05, 3.63) is 69.5 Å². The van der Waals surface area contributed by atoms with E-state index in [0.29, 0.717) is 6.04 Å². The summed E-state index contributed by atoms with van der Waals surface area (Å²) >= 11 is 0. The van der Waals surface area contributed by atoms with Crippen molar-refractivity contribution in [3.8, 4) is 0 Å². The van der Waals surface area contributed by atoms with Crippen LogP contribution in [0.15, 0.2) is 42.5 Å². The van der Waals surface area contributed by atoms with Crippen molar-refractivity contribution in [2.75, 3.05) is 31.1 Å². The number of fused-ring (bicyclic) bond motifs is 1. The second-order valence-corrected chi connectivity index (χ2v) is 7.46. The molecule has 6 heteroatoms. The highest BCUT2D eigenvalue weighted by Gasteiger charge is 2.30. The molecule has 142 valence electrons. The van der Waals surface area contributed by atoms with Crippen LogP contribution in [-0.2, 0) is 12.8 Å². The van der Waals surface area contributed by atoms with Crippen LogP contribution < -0.4 is 4.90 Å². The highest BCUT2D eigenvalue weighted by atomic mass is 19.1. The van der Waals surface area contributed by atoms with E-state index in [1.807, 2.05) is 18.2 Å². The SMILES string of the molecule is O=[N+]([O-])c1ccc2c(c1)N(C1CCN(CCc3ccc(F)cc3)CC1)CC2. The molecular formula is C21H24FN3O2. The zero-order valence-corrected chi connectivity index (χ0v) is 15.3. The number of non-ortho nitro benzene ring substituents is 1. The molecule has 1 saturated heterocycles. The molecular weight excluding hydrogens is 345 g/mol. The largest absolute Gasteiger partial charge is 0.368 e. The smallest absolute Gasteiger partial charge is 0.271 e. The lowest BCUT2D eigenvalue weighted by molar-refractivity contribution is -0.384. The predicted molar refractivity (Wildman–Crippen MR) is 104 cm³/mol. The summed E-state index contributed by atoms with van der Waals surface area (Å²) in [4.78, 5) is 15.6. The van der Waals surface area contributed by atoms with Gasteiger partial charge in [-0.3, -0.25) is 10.1 Å². The van der Waals surface area contributed by atoms with Gasteiger partial charge in [-0.05, 0) is 48.9 Å². The molecule has 5 nitrogen and oxygen atoms in total. The molecule has 1 fully saturated rings. The van der Waals surface area contributed by atoms with Crippen LogP contribution in [0.1, 0.15) is 24.0 Å². The molecule has 4 rings (SSSR count). The van der Waals surface area contributed by atoms with Gasteiger partial charge in [0.25, 0.3) is 5.69 Å². The molecule has 0 atom stereocenters. The van der Waals surface area contributed by atoms with E-state index in [4.69, 9.17) is 0 Å². The molecule has 0 bridgehead atoms. The lowest BCUT2D eigenvalue weighted by atomic mass is 10.0. The Hall–Kier alpha value is -2.47. The van der Waals surface area contributed by atoms with Crippen LogP contribution in [0.3, 0.4) is 0 Å². The minimum Gasteiger partial charge on any atom is -0.368 e. The van der Waals surface area contributed by atoms with Gasteiger partial charge in [-0.2, -0.15) is 0 Å². The number of likely N-dealkylation sites (tertiary alicyclic amines) is 1. The van der Waals surface area contributed by atoms with Gasteiger partial charge < -0.3 is 9.80 Å². The first kappa shape index (κ1) is 17.9. The van der Waals surface area contributed by atoms with Crippen LogP contribution in [0.4, 0.5) is 15.8 Å². The summed E-state index contributed by atoms with van der Waals surface area (Å²) in [5, 5.41) is 11.1. The quantitative estimate of drug-likeness (QED) is 0.594. The Labute approximate surface area is 158 Å². The maximum Gasteiger partial charge on any atom is 0.271 e. The third-order valence-corrected chi connectivity index (χ3v) is 5.84. The highest BCUT2D eigenvalue weighted by Crippen LogP contribution is 2.35. The van der Waals surface area contributed by atoms with Gasteiger partial charge in [-0.25, -0.2) is 4.39 Å². The number of halogens is 1. The molecule has 0 radical (unpaired) electrons. The molecule has 2 aromatic rings. The number of nitrogens with zero attached hydrogens (tertiary/aromatic N) is 3. The fourth-order valence-corrected chi connectivity index (χ4v) is 4.28. The van der Waals surface area contributed by atoms with E-state index in [1.165, 1.54) is 23.3 Å². The first-order valence-electron chi connectivity index (χ1n) is 9.61. The van der Waals surface area contributed by atoms with Crippen LogP contribution >= 0.6 is 0 Å². The maximum absolute atomic E-state index is 13.0. The summed E-state index contributed by atoms with van der Waals surface area (Å²) in [6, 6.07) is 12.5. The van der Waals surface area contributed by atoms with Crippen molar-refractivity contribution < 1.29 is 9.31 Å². The lowest BCUT2D eigenvalue weighted by Crippen LogP contribution is -2.45. The first-order chi connectivity index (χ1) is 13.1. The standard InChI is InChI=1S/C21H24FN3O2/c22-18-4-1-16(2-5-18)7-11-23-12-9-19(10-13-23)24-14-8-17-3-6-20(25(26)27)15-21(17)24/h1-6,15,19H,7-14H2. The fourth-order valence-electron chi connectivity index (χ4n) is 4.28. The van der Waals surface area contributed by atoms with E-state index in [9.17, 15) is 14.5 Å². The molecule has 2 heterocycles. The first-order valence-corrected chi connectivity index (χ1v) is 9.61. The van der Waals surface area contributed by atoms with Gasteiger partial charge in [-0.1, -0.05) is 18.2 Å². The van der Waals surface area contributed by atoms with Gasteiger partial charge >= 0.3 is 0 Å². The second kappa shape index (κ2) is 7.64. The molecule has 0 aromatic heterocycles. The van der Waals surface area contributed by atoms with Gasteiger partial charge in [0.2, 0.25) is 0 Å². The van der Waals surface area contributed by atoms with Crippen molar-refractivity contribution in [1.82, 2.24) is 4.90 Å². The average Bonchev–Trinajstić information content (AvgIpc) is 3.11. The van der Waals surface area contributed by atoms with Gasteiger partial charge in [0.15, 0.2) is 0 Å². The Morgan fingerprint density at radius 3 is 2.52 bits per heavy atom. The average molecular weight is 369 g/mol. The topological polar surface area (TPSA) is 49.6 Å². The van der Waals surface area contributed by atoms with Crippen LogP contribution in [0, 0.1) is 15.9 Å². The number of hydrogen-bond donors (Lipinski definition) is 0. The van der Waals surface area contributed by atoms with E-state index in [0.717, 1.165) is 57.5 Å². The number of anilines is 1. The van der Waals surface area contributed by atoms with Crippen molar-refractivity contribution in [2.24, 2.45) is 0 Å². The molecule has 0 unspecified atom stereocenters. The van der Waals surface area contributed by atoms with Crippen LogP contribution in [-0.4, -0.2) is 42.0 Å². The summed E-state index contributed by atoms with van der Waals surface area (Å²) in [6.45, 7) is 4.01. The molecule has 2 aromatic carbocycles. The summed E-state index contributed by atoms with van der Waals surface area (Å²) in [7, 11) is 0. The summed E-state index contributed by atoms with van der Waals surface area (Å²) in [5.74, 6) is -0.189. The lowest BCUT2D eigenvalue weighted by Gasteiger charge is -2.38. The zero-order chi connectivity index (χ0) is 18.8.